The number of nitrogens with zero attached hydrogens (tertiary/aromatic N) is 3. The van der Waals surface area contributed by atoms with Crippen molar-refractivity contribution in [3.8, 4) is 0 Å². The molecule has 2 aliphatic carbocycles. The van der Waals surface area contributed by atoms with E-state index < -0.39 is 11.4 Å². The van der Waals surface area contributed by atoms with Crippen molar-refractivity contribution in [3.63, 3.8) is 0 Å². The average molecular weight is 392 g/mol. The number of carbonyl (C=O) groups is 2. The van der Waals surface area contributed by atoms with Gasteiger partial charge in [0.1, 0.15) is 5.82 Å². The van der Waals surface area contributed by atoms with E-state index in [0.717, 1.165) is 60.4 Å². The molecule has 29 heavy (non-hydrogen) atoms. The van der Waals surface area contributed by atoms with Crippen molar-refractivity contribution in [2.45, 2.75) is 56.8 Å². The maximum absolute atomic E-state index is 12.1. The summed E-state index contributed by atoms with van der Waals surface area (Å²) in [5, 5.41) is 13.0. The number of fused-ring (bicyclic) bond motifs is 1. The molecule has 0 radical (unpaired) electrons. The molecule has 7 nitrogen and oxygen atoms in total. The van der Waals surface area contributed by atoms with E-state index in [1.165, 1.54) is 0 Å². The Labute approximate surface area is 169 Å². The van der Waals surface area contributed by atoms with Gasteiger partial charge in [-0.3, -0.25) is 14.5 Å². The van der Waals surface area contributed by atoms with Gasteiger partial charge in [-0.1, -0.05) is 18.6 Å². The Hall–Kier alpha value is -2.96. The Morgan fingerprint density at radius 2 is 1.83 bits per heavy atom. The number of carboxylic acids is 1. The van der Waals surface area contributed by atoms with Crippen LogP contribution in [0.25, 0.3) is 0 Å². The second-order valence-electron chi connectivity index (χ2n) is 8.24. The molecule has 150 valence electrons. The van der Waals surface area contributed by atoms with Crippen LogP contribution >= 0.6 is 0 Å². The van der Waals surface area contributed by atoms with Crippen molar-refractivity contribution in [1.82, 2.24) is 9.97 Å². The highest BCUT2D eigenvalue weighted by Gasteiger charge is 2.45. The summed E-state index contributed by atoms with van der Waals surface area (Å²) >= 11 is 0. The van der Waals surface area contributed by atoms with Crippen LogP contribution < -0.4 is 10.2 Å². The van der Waals surface area contributed by atoms with Crippen LogP contribution in [0.5, 0.6) is 0 Å². The molecule has 0 unspecified atom stereocenters. The number of aryl methyl sites for hydroxylation is 1. The number of nitrogens with one attached hydrogen (secondary N) is 1. The molecule has 0 atom stereocenters. The van der Waals surface area contributed by atoms with E-state index in [4.69, 9.17) is 0 Å². The Morgan fingerprint density at radius 1 is 1.03 bits per heavy atom. The fourth-order valence-electron chi connectivity index (χ4n) is 4.67. The fourth-order valence-corrected chi connectivity index (χ4v) is 4.67. The fraction of sp³-hybridized carbons (Fsp3) is 0.455. The summed E-state index contributed by atoms with van der Waals surface area (Å²) in [6, 6.07) is 7.65. The summed E-state index contributed by atoms with van der Waals surface area (Å²) in [6.45, 7) is 0.670. The molecule has 2 fully saturated rings. The number of carbonyl (C=O) groups excluding carboxylic acids is 1. The first-order valence-electron chi connectivity index (χ1n) is 10.4. The minimum absolute atomic E-state index is 0.0812. The zero-order chi connectivity index (χ0) is 20.0. The number of benzene rings is 1. The largest absolute Gasteiger partial charge is 0.481 e. The second-order valence-corrected chi connectivity index (χ2v) is 8.24. The van der Waals surface area contributed by atoms with Crippen molar-refractivity contribution in [2.75, 3.05) is 16.8 Å². The molecule has 7 heteroatoms. The quantitative estimate of drug-likeness (QED) is 0.810. The molecule has 1 aromatic carbocycles. The smallest absolute Gasteiger partial charge is 0.314 e. The van der Waals surface area contributed by atoms with Gasteiger partial charge >= 0.3 is 5.97 Å². The lowest BCUT2D eigenvalue weighted by molar-refractivity contribution is -0.147. The second kappa shape index (κ2) is 6.83. The third-order valence-electron chi connectivity index (χ3n) is 6.55. The highest BCUT2D eigenvalue weighted by atomic mass is 16.4. The van der Waals surface area contributed by atoms with Crippen LogP contribution in [0.1, 0.15) is 55.3 Å². The highest BCUT2D eigenvalue weighted by molar-refractivity contribution is 5.93. The van der Waals surface area contributed by atoms with Crippen LogP contribution in [0.3, 0.4) is 0 Å². The molecule has 1 aliphatic heterocycles. The summed E-state index contributed by atoms with van der Waals surface area (Å²) in [4.78, 5) is 34.9. The number of hydrogen-bond acceptors (Lipinski definition) is 5. The van der Waals surface area contributed by atoms with E-state index in [0.29, 0.717) is 31.8 Å². The summed E-state index contributed by atoms with van der Waals surface area (Å²) in [7, 11) is 0. The maximum Gasteiger partial charge on any atom is 0.314 e. The minimum atomic E-state index is -0.738. The Bertz CT molecular complexity index is 982. The van der Waals surface area contributed by atoms with Crippen LogP contribution in [0.15, 0.2) is 24.3 Å². The Morgan fingerprint density at radius 3 is 2.45 bits per heavy atom. The molecule has 1 saturated heterocycles. The van der Waals surface area contributed by atoms with Crippen molar-refractivity contribution in [1.29, 1.82) is 0 Å². The van der Waals surface area contributed by atoms with Crippen molar-refractivity contribution >= 4 is 29.3 Å². The molecule has 5 rings (SSSR count). The van der Waals surface area contributed by atoms with Crippen LogP contribution in [0, 0.1) is 0 Å². The van der Waals surface area contributed by atoms with Gasteiger partial charge in [0.2, 0.25) is 11.9 Å². The first-order valence-corrected chi connectivity index (χ1v) is 10.4. The molecule has 2 N–H and O–H groups in total. The molecular formula is C22H24N4O3. The zero-order valence-electron chi connectivity index (χ0n) is 16.3. The van der Waals surface area contributed by atoms with Gasteiger partial charge in [-0.25, -0.2) is 4.98 Å². The van der Waals surface area contributed by atoms with Gasteiger partial charge in [-0.2, -0.15) is 4.98 Å². The van der Waals surface area contributed by atoms with Crippen LogP contribution in [-0.4, -0.2) is 33.5 Å². The maximum atomic E-state index is 12.1. The van der Waals surface area contributed by atoms with Gasteiger partial charge in [0.15, 0.2) is 0 Å². The summed E-state index contributed by atoms with van der Waals surface area (Å²) in [6.07, 6.45) is 6.61. The number of rotatable bonds is 5. The Kier molecular flexibility index (Phi) is 4.26. The molecule has 1 amide bonds. The predicted molar refractivity (Wildman–Crippen MR) is 109 cm³/mol. The third-order valence-corrected chi connectivity index (χ3v) is 6.55. The van der Waals surface area contributed by atoms with Crippen molar-refractivity contribution in [2.24, 2.45) is 0 Å². The van der Waals surface area contributed by atoms with E-state index in [1.807, 2.05) is 24.3 Å². The standard InChI is InChI=1S/C22H24N4O3/c27-18-6-2-13-26(18)21-24-17-5-1-4-16(17)19(25-21)23-15-9-7-14(8-10-15)22(20(28)29)11-3-12-22/h7-10H,1-6,11-13H2,(H,28,29)(H,23,24,25). The molecule has 0 spiro atoms. The normalized spacial score (nSPS) is 19.7. The van der Waals surface area contributed by atoms with Gasteiger partial charge in [0, 0.05) is 24.2 Å². The third kappa shape index (κ3) is 2.96. The summed E-state index contributed by atoms with van der Waals surface area (Å²) < 4.78 is 0. The number of anilines is 3. The molecule has 2 aromatic rings. The molecular weight excluding hydrogens is 368 g/mol. The molecule has 1 saturated carbocycles. The van der Waals surface area contributed by atoms with E-state index in [2.05, 4.69) is 15.3 Å². The van der Waals surface area contributed by atoms with Crippen molar-refractivity contribution < 1.29 is 14.7 Å². The summed E-state index contributed by atoms with van der Waals surface area (Å²) in [5.74, 6) is 0.592. The highest BCUT2D eigenvalue weighted by Crippen LogP contribution is 2.44. The lowest BCUT2D eigenvalue weighted by Gasteiger charge is -2.38. The number of aromatic nitrogens is 2. The van der Waals surface area contributed by atoms with Gasteiger partial charge in [0.05, 0.1) is 11.1 Å². The molecule has 1 aromatic heterocycles. The number of aliphatic carboxylic acids is 1. The minimum Gasteiger partial charge on any atom is -0.481 e. The SMILES string of the molecule is O=C1CCCN1c1nc2c(c(Nc3ccc(C4(C(=O)O)CCC4)cc3)n1)CCC2. The van der Waals surface area contributed by atoms with Crippen LogP contribution in [-0.2, 0) is 27.8 Å². The lowest BCUT2D eigenvalue weighted by Crippen LogP contribution is -2.42. The first kappa shape index (κ1) is 18.1. The van der Waals surface area contributed by atoms with Gasteiger partial charge in [-0.05, 0) is 56.2 Å². The van der Waals surface area contributed by atoms with Crippen LogP contribution in [0.2, 0.25) is 0 Å². The number of amides is 1. The lowest BCUT2D eigenvalue weighted by atomic mass is 9.64. The predicted octanol–water partition coefficient (Wildman–Crippen LogP) is 3.34. The molecule has 3 aliphatic rings. The van der Waals surface area contributed by atoms with E-state index in [1.54, 1.807) is 4.90 Å². The average Bonchev–Trinajstić information content (AvgIpc) is 3.30. The Balaban J connectivity index is 1.44. The van der Waals surface area contributed by atoms with Gasteiger partial charge in [0.25, 0.3) is 0 Å². The monoisotopic (exact) mass is 392 g/mol. The topological polar surface area (TPSA) is 95.4 Å². The number of hydrogen-bond donors (Lipinski definition) is 2. The van der Waals surface area contributed by atoms with Gasteiger partial charge in [-0.15, -0.1) is 0 Å². The van der Waals surface area contributed by atoms with Crippen molar-refractivity contribution in [3.05, 3.63) is 41.1 Å². The van der Waals surface area contributed by atoms with Crippen LogP contribution in [0.4, 0.5) is 17.5 Å². The molecule has 2 heterocycles. The molecule has 0 bridgehead atoms. The first-order chi connectivity index (χ1) is 14.1. The van der Waals surface area contributed by atoms with Gasteiger partial charge < -0.3 is 10.4 Å². The van der Waals surface area contributed by atoms with E-state index in [9.17, 15) is 14.7 Å². The summed E-state index contributed by atoms with van der Waals surface area (Å²) in [5.41, 5.74) is 3.13. The zero-order valence-corrected chi connectivity index (χ0v) is 16.3. The number of carboxylic acid groups (broad SMARTS) is 1. The van der Waals surface area contributed by atoms with E-state index >= 15 is 0 Å². The van der Waals surface area contributed by atoms with E-state index in [-0.39, 0.29) is 5.91 Å².